The molecule has 17 heavy (non-hydrogen) atoms. The van der Waals surface area contributed by atoms with Crippen LogP contribution in [0.3, 0.4) is 0 Å². The lowest BCUT2D eigenvalue weighted by molar-refractivity contribution is 0.0490. The van der Waals surface area contributed by atoms with Gasteiger partial charge in [0.2, 0.25) is 0 Å². The number of alkyl carbamates (subject to hydrolysis) is 1. The molecule has 2 atom stereocenters. The topological polar surface area (TPSA) is 58.6 Å². The maximum Gasteiger partial charge on any atom is 0.407 e. The highest BCUT2D eigenvalue weighted by Crippen LogP contribution is 2.18. The lowest BCUT2D eigenvalue weighted by Crippen LogP contribution is -2.48. The van der Waals surface area contributed by atoms with Gasteiger partial charge < -0.3 is 15.0 Å². The summed E-state index contributed by atoms with van der Waals surface area (Å²) in [6.45, 7) is 8.05. The largest absolute Gasteiger partial charge is 0.444 e. The molecule has 1 heterocycles. The van der Waals surface area contributed by atoms with Gasteiger partial charge in [-0.15, -0.1) is 0 Å². The first-order valence-corrected chi connectivity index (χ1v) is 5.97. The average molecular weight is 241 g/mol. The summed E-state index contributed by atoms with van der Waals surface area (Å²) < 4.78 is 5.17. The second-order valence-corrected chi connectivity index (χ2v) is 5.43. The molecule has 2 unspecified atom stereocenters. The number of carbonyl (C=O) groups is 1. The van der Waals surface area contributed by atoms with E-state index in [9.17, 15) is 9.59 Å². The summed E-state index contributed by atoms with van der Waals surface area (Å²) in [6, 6.07) is -0.0891. The minimum atomic E-state index is -0.504. The molecule has 1 aliphatic heterocycles. The van der Waals surface area contributed by atoms with E-state index in [1.54, 1.807) is 4.90 Å². The monoisotopic (exact) mass is 241 g/mol. The Morgan fingerprint density at radius 2 is 2.18 bits per heavy atom. The standard InChI is InChI=1S/C12H21N2O3/c1-9(10-6-5-7-14(10)8-15)13-11(16)17-12(2,3)4/h9-10H,5-7H2,1-4H3,(H,13,16). The number of ether oxygens (including phenoxy) is 1. The molecular weight excluding hydrogens is 220 g/mol. The van der Waals surface area contributed by atoms with Crippen LogP contribution in [0.5, 0.6) is 0 Å². The molecule has 1 fully saturated rings. The molecule has 1 aliphatic rings. The third kappa shape index (κ3) is 4.24. The lowest BCUT2D eigenvalue weighted by atomic mass is 10.1. The summed E-state index contributed by atoms with van der Waals surface area (Å²) in [5.74, 6) is 0. The fourth-order valence-electron chi connectivity index (χ4n) is 2.02. The number of amides is 2. The van der Waals surface area contributed by atoms with Crippen LogP contribution in [0.25, 0.3) is 0 Å². The zero-order valence-corrected chi connectivity index (χ0v) is 10.9. The minimum Gasteiger partial charge on any atom is -0.444 e. The quantitative estimate of drug-likeness (QED) is 0.813. The van der Waals surface area contributed by atoms with Gasteiger partial charge in [0.1, 0.15) is 5.60 Å². The van der Waals surface area contributed by atoms with Crippen molar-refractivity contribution >= 4 is 12.5 Å². The molecule has 0 spiro atoms. The molecule has 0 aromatic heterocycles. The number of nitrogens with zero attached hydrogens (tertiary/aromatic N) is 1. The molecule has 0 aromatic carbocycles. The van der Waals surface area contributed by atoms with Gasteiger partial charge in [-0.05, 0) is 40.5 Å². The van der Waals surface area contributed by atoms with Crippen molar-refractivity contribution in [2.75, 3.05) is 6.54 Å². The van der Waals surface area contributed by atoms with Crippen LogP contribution in [0.1, 0.15) is 40.5 Å². The van der Waals surface area contributed by atoms with Gasteiger partial charge in [-0.2, -0.15) is 0 Å². The Labute approximate surface area is 102 Å². The minimum absolute atomic E-state index is 0.0278. The van der Waals surface area contributed by atoms with Gasteiger partial charge in [0.25, 0.3) is 0 Å². The molecule has 1 saturated heterocycles. The predicted octanol–water partition coefficient (Wildman–Crippen LogP) is 1.43. The summed E-state index contributed by atoms with van der Waals surface area (Å²) in [6.07, 6.45) is 3.32. The Morgan fingerprint density at radius 1 is 1.53 bits per heavy atom. The highest BCUT2D eigenvalue weighted by atomic mass is 16.6. The van der Waals surface area contributed by atoms with Crippen molar-refractivity contribution in [1.82, 2.24) is 10.2 Å². The lowest BCUT2D eigenvalue weighted by Gasteiger charge is -2.28. The predicted molar refractivity (Wildman–Crippen MR) is 64.3 cm³/mol. The average Bonchev–Trinajstić information content (AvgIpc) is 2.61. The number of rotatable bonds is 3. The third-order valence-corrected chi connectivity index (χ3v) is 2.74. The summed E-state index contributed by atoms with van der Waals surface area (Å²) >= 11 is 0. The second kappa shape index (κ2) is 5.38. The number of nitrogens with one attached hydrogen (secondary N) is 1. The number of hydrogen-bond acceptors (Lipinski definition) is 3. The van der Waals surface area contributed by atoms with E-state index in [0.29, 0.717) is 6.54 Å². The smallest absolute Gasteiger partial charge is 0.407 e. The molecule has 0 bridgehead atoms. The van der Waals surface area contributed by atoms with Gasteiger partial charge >= 0.3 is 12.5 Å². The van der Waals surface area contributed by atoms with Crippen LogP contribution in [-0.4, -0.2) is 41.6 Å². The second-order valence-electron chi connectivity index (χ2n) is 5.43. The summed E-state index contributed by atoms with van der Waals surface area (Å²) in [7, 11) is 0. The van der Waals surface area contributed by atoms with Crippen LogP contribution in [0.2, 0.25) is 0 Å². The van der Waals surface area contributed by atoms with Crippen molar-refractivity contribution in [3.63, 3.8) is 0 Å². The Kier molecular flexibility index (Phi) is 4.37. The van der Waals surface area contributed by atoms with Crippen molar-refractivity contribution in [3.05, 3.63) is 0 Å². The van der Waals surface area contributed by atoms with E-state index in [0.717, 1.165) is 12.8 Å². The number of carbonyl (C=O) groups excluding carboxylic acids is 2. The highest BCUT2D eigenvalue weighted by Gasteiger charge is 2.30. The number of hydrogen-bond donors (Lipinski definition) is 1. The molecular formula is C12H21N2O3. The fraction of sp³-hybridized carbons (Fsp3) is 0.833. The number of likely N-dealkylation sites (tertiary alicyclic amines) is 1. The molecule has 1 N–H and O–H groups in total. The first-order valence-electron chi connectivity index (χ1n) is 5.97. The Bertz CT molecular complexity index is 286. The highest BCUT2D eigenvalue weighted by molar-refractivity contribution is 5.68. The van der Waals surface area contributed by atoms with E-state index in [2.05, 4.69) is 5.32 Å². The van der Waals surface area contributed by atoms with Crippen LogP contribution < -0.4 is 5.32 Å². The van der Waals surface area contributed by atoms with Gasteiger partial charge in [-0.3, -0.25) is 4.79 Å². The van der Waals surface area contributed by atoms with Crippen LogP contribution in [0.15, 0.2) is 0 Å². The van der Waals surface area contributed by atoms with E-state index in [1.165, 1.54) is 0 Å². The first-order chi connectivity index (χ1) is 7.83. The fourth-order valence-corrected chi connectivity index (χ4v) is 2.02. The van der Waals surface area contributed by atoms with Crippen LogP contribution >= 0.6 is 0 Å². The molecule has 5 nitrogen and oxygen atoms in total. The van der Waals surface area contributed by atoms with Crippen LogP contribution in [0, 0.1) is 0 Å². The maximum atomic E-state index is 11.6. The molecule has 1 rings (SSSR count). The Morgan fingerprint density at radius 3 is 2.71 bits per heavy atom. The zero-order valence-electron chi connectivity index (χ0n) is 10.9. The van der Waals surface area contributed by atoms with Crippen LogP contribution in [0.4, 0.5) is 4.79 Å². The summed E-state index contributed by atoms with van der Waals surface area (Å²) in [4.78, 5) is 23.9. The molecule has 2 amide bonds. The molecule has 0 aliphatic carbocycles. The van der Waals surface area contributed by atoms with Gasteiger partial charge in [0.05, 0.1) is 6.04 Å². The van der Waals surface area contributed by atoms with Gasteiger partial charge in [0, 0.05) is 12.6 Å². The molecule has 0 saturated carbocycles. The van der Waals surface area contributed by atoms with Crippen molar-refractivity contribution in [1.29, 1.82) is 0 Å². The molecule has 0 aromatic rings. The van der Waals surface area contributed by atoms with Crippen molar-refractivity contribution in [2.24, 2.45) is 0 Å². The Balaban J connectivity index is 2.46. The van der Waals surface area contributed by atoms with Crippen molar-refractivity contribution in [3.8, 4) is 0 Å². The van der Waals surface area contributed by atoms with E-state index in [4.69, 9.17) is 4.74 Å². The van der Waals surface area contributed by atoms with Crippen molar-refractivity contribution in [2.45, 2.75) is 58.2 Å². The van der Waals surface area contributed by atoms with E-state index in [-0.39, 0.29) is 12.1 Å². The van der Waals surface area contributed by atoms with Gasteiger partial charge in [0.15, 0.2) is 0 Å². The molecule has 5 heteroatoms. The summed E-state index contributed by atoms with van der Waals surface area (Å²) in [5, 5.41) is 2.76. The van der Waals surface area contributed by atoms with Crippen LogP contribution in [-0.2, 0) is 9.53 Å². The normalized spacial score (nSPS) is 22.1. The molecule has 97 valence electrons. The van der Waals surface area contributed by atoms with Crippen molar-refractivity contribution < 1.29 is 14.3 Å². The van der Waals surface area contributed by atoms with E-state index < -0.39 is 11.7 Å². The maximum absolute atomic E-state index is 11.6. The van der Waals surface area contributed by atoms with Gasteiger partial charge in [-0.25, -0.2) is 4.79 Å². The SMILES string of the molecule is CC(NC(=O)OC(C)(C)C)C1CCCN1[C]=O. The summed E-state index contributed by atoms with van der Waals surface area (Å²) in [5.41, 5.74) is -0.504. The van der Waals surface area contributed by atoms with E-state index >= 15 is 0 Å². The third-order valence-electron chi connectivity index (χ3n) is 2.74. The zero-order chi connectivity index (χ0) is 13.1. The molecule has 1 radical (unpaired) electrons. The van der Waals surface area contributed by atoms with Gasteiger partial charge in [-0.1, -0.05) is 0 Å². The van der Waals surface area contributed by atoms with E-state index in [1.807, 2.05) is 34.1 Å². The Hall–Kier alpha value is -1.26. The first kappa shape index (κ1) is 13.8.